The smallest absolute Gasteiger partial charge is 0.328 e. The number of furan rings is 1. The van der Waals surface area contributed by atoms with E-state index in [-0.39, 0.29) is 30.5 Å². The first-order valence-electron chi connectivity index (χ1n) is 5.73. The fourth-order valence-corrected chi connectivity index (χ4v) is 1.33. The summed E-state index contributed by atoms with van der Waals surface area (Å²) < 4.78 is 9.36. The standard InChI is InChI=1S/C12H16N2O5/c1-8(12(17)18-2)14-10(15)5-6-13-11(16)9-4-3-7-19-9/h3-4,7-8H,5-6H2,1-2H3,(H,13,16)(H,14,15). The van der Waals surface area contributed by atoms with Gasteiger partial charge in [-0.2, -0.15) is 0 Å². The highest BCUT2D eigenvalue weighted by Crippen LogP contribution is 1.98. The van der Waals surface area contributed by atoms with E-state index in [1.165, 1.54) is 26.4 Å². The van der Waals surface area contributed by atoms with Crippen LogP contribution in [0.4, 0.5) is 0 Å². The quantitative estimate of drug-likeness (QED) is 0.712. The van der Waals surface area contributed by atoms with Gasteiger partial charge in [-0.15, -0.1) is 0 Å². The van der Waals surface area contributed by atoms with Gasteiger partial charge in [0.25, 0.3) is 5.91 Å². The van der Waals surface area contributed by atoms with Crippen LogP contribution >= 0.6 is 0 Å². The number of nitrogens with one attached hydrogen (secondary N) is 2. The Morgan fingerprint density at radius 3 is 2.74 bits per heavy atom. The summed E-state index contributed by atoms with van der Waals surface area (Å²) >= 11 is 0. The molecule has 0 saturated carbocycles. The molecule has 1 aromatic rings. The molecule has 19 heavy (non-hydrogen) atoms. The zero-order valence-corrected chi connectivity index (χ0v) is 10.8. The van der Waals surface area contributed by atoms with Crippen molar-refractivity contribution in [2.24, 2.45) is 0 Å². The summed E-state index contributed by atoms with van der Waals surface area (Å²) in [6.45, 7) is 1.67. The van der Waals surface area contributed by atoms with Crippen LogP contribution in [0.1, 0.15) is 23.9 Å². The van der Waals surface area contributed by atoms with Gasteiger partial charge in [0.1, 0.15) is 6.04 Å². The van der Waals surface area contributed by atoms with Crippen molar-refractivity contribution in [3.63, 3.8) is 0 Å². The van der Waals surface area contributed by atoms with Gasteiger partial charge in [-0.25, -0.2) is 4.79 Å². The lowest BCUT2D eigenvalue weighted by molar-refractivity contribution is -0.144. The van der Waals surface area contributed by atoms with Gasteiger partial charge in [-0.05, 0) is 19.1 Å². The Morgan fingerprint density at radius 1 is 1.42 bits per heavy atom. The molecule has 0 aromatic carbocycles. The van der Waals surface area contributed by atoms with E-state index >= 15 is 0 Å². The van der Waals surface area contributed by atoms with Gasteiger partial charge in [-0.3, -0.25) is 9.59 Å². The fraction of sp³-hybridized carbons (Fsp3) is 0.417. The van der Waals surface area contributed by atoms with E-state index in [0.29, 0.717) is 0 Å². The third-order valence-corrected chi connectivity index (χ3v) is 2.31. The molecule has 0 radical (unpaired) electrons. The number of hydrogen-bond donors (Lipinski definition) is 2. The van der Waals surface area contributed by atoms with Gasteiger partial charge in [0.05, 0.1) is 13.4 Å². The van der Waals surface area contributed by atoms with Crippen molar-refractivity contribution in [2.75, 3.05) is 13.7 Å². The van der Waals surface area contributed by atoms with Crippen molar-refractivity contribution < 1.29 is 23.5 Å². The van der Waals surface area contributed by atoms with Crippen molar-refractivity contribution in [3.05, 3.63) is 24.2 Å². The second-order valence-electron chi connectivity index (χ2n) is 3.80. The molecule has 0 aliphatic heterocycles. The van der Waals surface area contributed by atoms with Gasteiger partial charge < -0.3 is 19.8 Å². The van der Waals surface area contributed by atoms with E-state index in [2.05, 4.69) is 15.4 Å². The molecule has 1 heterocycles. The van der Waals surface area contributed by atoms with Crippen LogP contribution in [-0.4, -0.2) is 37.5 Å². The molecule has 1 aromatic heterocycles. The summed E-state index contributed by atoms with van der Waals surface area (Å²) in [5, 5.41) is 4.97. The third-order valence-electron chi connectivity index (χ3n) is 2.31. The Balaban J connectivity index is 2.24. The molecule has 7 nitrogen and oxygen atoms in total. The molecule has 0 aliphatic carbocycles. The molecule has 7 heteroatoms. The van der Waals surface area contributed by atoms with Gasteiger partial charge in [0, 0.05) is 13.0 Å². The Kier molecular flexibility index (Phi) is 5.59. The first-order valence-corrected chi connectivity index (χ1v) is 5.73. The van der Waals surface area contributed by atoms with Gasteiger partial charge >= 0.3 is 5.97 Å². The van der Waals surface area contributed by atoms with Crippen LogP contribution in [0.3, 0.4) is 0 Å². The zero-order valence-electron chi connectivity index (χ0n) is 10.8. The van der Waals surface area contributed by atoms with Crippen LogP contribution < -0.4 is 10.6 Å². The summed E-state index contributed by atoms with van der Waals surface area (Å²) in [6, 6.07) is 2.41. The van der Waals surface area contributed by atoms with Crippen molar-refractivity contribution in [3.8, 4) is 0 Å². The van der Waals surface area contributed by atoms with Crippen molar-refractivity contribution in [1.29, 1.82) is 0 Å². The molecular weight excluding hydrogens is 252 g/mol. The average molecular weight is 268 g/mol. The minimum absolute atomic E-state index is 0.0633. The first-order chi connectivity index (χ1) is 9.04. The van der Waals surface area contributed by atoms with E-state index in [0.717, 1.165) is 0 Å². The number of rotatable bonds is 6. The van der Waals surface area contributed by atoms with E-state index in [9.17, 15) is 14.4 Å². The first kappa shape index (κ1) is 14.7. The number of hydrogen-bond acceptors (Lipinski definition) is 5. The van der Waals surface area contributed by atoms with Crippen LogP contribution in [0.15, 0.2) is 22.8 Å². The van der Waals surface area contributed by atoms with E-state index in [1.807, 2.05) is 0 Å². The summed E-state index contributed by atoms with van der Waals surface area (Å²) in [6.07, 6.45) is 1.45. The molecule has 0 fully saturated rings. The van der Waals surface area contributed by atoms with E-state index < -0.39 is 12.0 Å². The molecule has 0 saturated heterocycles. The zero-order chi connectivity index (χ0) is 14.3. The lowest BCUT2D eigenvalue weighted by Crippen LogP contribution is -2.40. The minimum atomic E-state index is -0.710. The molecule has 2 N–H and O–H groups in total. The maximum absolute atomic E-state index is 11.5. The van der Waals surface area contributed by atoms with Gasteiger partial charge in [0.15, 0.2) is 5.76 Å². The third kappa shape index (κ3) is 4.82. The number of ether oxygens (including phenoxy) is 1. The fourth-order valence-electron chi connectivity index (χ4n) is 1.33. The maximum Gasteiger partial charge on any atom is 0.328 e. The van der Waals surface area contributed by atoms with E-state index in [4.69, 9.17) is 4.42 Å². The van der Waals surface area contributed by atoms with Crippen molar-refractivity contribution in [1.82, 2.24) is 10.6 Å². The molecule has 1 rings (SSSR count). The molecular formula is C12H16N2O5. The molecule has 0 aliphatic rings. The second kappa shape index (κ2) is 7.20. The minimum Gasteiger partial charge on any atom is -0.467 e. The van der Waals surface area contributed by atoms with Gasteiger partial charge in [0.2, 0.25) is 5.91 Å². The monoisotopic (exact) mass is 268 g/mol. The summed E-state index contributed by atoms with van der Waals surface area (Å²) in [4.78, 5) is 34.0. The largest absolute Gasteiger partial charge is 0.467 e. The molecule has 1 atom stereocenters. The maximum atomic E-state index is 11.5. The molecule has 0 bridgehead atoms. The van der Waals surface area contributed by atoms with Crippen LogP contribution in [0, 0.1) is 0 Å². The number of methoxy groups -OCH3 is 1. The molecule has 104 valence electrons. The SMILES string of the molecule is COC(=O)C(C)NC(=O)CCNC(=O)c1ccco1. The number of amides is 2. The average Bonchev–Trinajstić information content (AvgIpc) is 2.91. The predicted octanol–water partition coefficient (Wildman–Crippen LogP) is 0.0772. The number of carbonyl (C=O) groups excluding carboxylic acids is 3. The van der Waals surface area contributed by atoms with Crippen LogP contribution in [0.2, 0.25) is 0 Å². The van der Waals surface area contributed by atoms with Crippen LogP contribution in [0.5, 0.6) is 0 Å². The summed E-state index contributed by atoms with van der Waals surface area (Å²) in [5.41, 5.74) is 0. The molecule has 1 unspecified atom stereocenters. The predicted molar refractivity (Wildman–Crippen MR) is 65.3 cm³/mol. The Hall–Kier alpha value is -2.31. The highest BCUT2D eigenvalue weighted by Gasteiger charge is 2.15. The Bertz CT molecular complexity index is 441. The van der Waals surface area contributed by atoms with Crippen molar-refractivity contribution in [2.45, 2.75) is 19.4 Å². The number of carbonyl (C=O) groups is 3. The summed E-state index contributed by atoms with van der Waals surface area (Å²) in [7, 11) is 1.24. The highest BCUT2D eigenvalue weighted by molar-refractivity contribution is 5.91. The van der Waals surface area contributed by atoms with Crippen molar-refractivity contribution >= 4 is 17.8 Å². The van der Waals surface area contributed by atoms with Gasteiger partial charge in [-0.1, -0.05) is 0 Å². The van der Waals surface area contributed by atoms with Crippen LogP contribution in [0.25, 0.3) is 0 Å². The molecule has 0 spiro atoms. The van der Waals surface area contributed by atoms with Crippen LogP contribution in [-0.2, 0) is 14.3 Å². The highest BCUT2D eigenvalue weighted by atomic mass is 16.5. The lowest BCUT2D eigenvalue weighted by Gasteiger charge is -2.11. The second-order valence-corrected chi connectivity index (χ2v) is 3.80. The summed E-state index contributed by atoms with van der Waals surface area (Å²) in [5.74, 6) is -1.08. The molecule has 2 amide bonds. The topological polar surface area (TPSA) is 97.6 Å². The number of esters is 1. The Labute approximate surface area is 110 Å². The lowest BCUT2D eigenvalue weighted by atomic mass is 10.3. The van der Waals surface area contributed by atoms with E-state index in [1.54, 1.807) is 6.07 Å². The Morgan fingerprint density at radius 2 is 2.16 bits per heavy atom. The normalized spacial score (nSPS) is 11.5.